The molecule has 6 nitrogen and oxygen atoms in total. The lowest BCUT2D eigenvalue weighted by atomic mass is 9.53. The molecular weight excluding hydrogens is 390 g/mol. The summed E-state index contributed by atoms with van der Waals surface area (Å²) in [6.07, 6.45) is 6.73. The maximum absolute atomic E-state index is 12.4. The summed E-state index contributed by atoms with van der Waals surface area (Å²) in [6.45, 7) is 0.404. The first kappa shape index (κ1) is 20.5. The largest absolute Gasteiger partial charge is 0.387 e. The first-order chi connectivity index (χ1) is 13.9. The van der Waals surface area contributed by atoms with Crippen LogP contribution in [0.1, 0.15) is 56.6 Å². The average Bonchev–Trinajstić information content (AvgIpc) is 2.65. The molecule has 4 fully saturated rings. The molecule has 4 saturated carbocycles. The summed E-state index contributed by atoms with van der Waals surface area (Å²) in [5.74, 6) is 2.13. The van der Waals surface area contributed by atoms with Gasteiger partial charge in [0, 0.05) is 30.1 Å². The van der Waals surface area contributed by atoms with Crippen molar-refractivity contribution in [3.05, 3.63) is 34.9 Å². The second-order valence-corrected chi connectivity index (χ2v) is 9.64. The molecule has 0 saturated heterocycles. The highest BCUT2D eigenvalue weighted by molar-refractivity contribution is 6.30. The molecule has 1 aromatic carbocycles. The Balaban J connectivity index is 1.15. The van der Waals surface area contributed by atoms with E-state index in [2.05, 4.69) is 16.0 Å². The predicted molar refractivity (Wildman–Crippen MR) is 111 cm³/mol. The van der Waals surface area contributed by atoms with Crippen LogP contribution in [0.2, 0.25) is 5.02 Å². The number of urea groups is 1. The molecule has 3 amide bonds. The molecular formula is C22H30ClN3O3. The maximum atomic E-state index is 12.4. The molecule has 5 rings (SSSR count). The minimum Gasteiger partial charge on any atom is -0.387 e. The fraction of sp³-hybridized carbons (Fsp3) is 0.636. The van der Waals surface area contributed by atoms with E-state index in [0.29, 0.717) is 10.6 Å². The first-order valence-corrected chi connectivity index (χ1v) is 11.0. The summed E-state index contributed by atoms with van der Waals surface area (Å²) in [6, 6.07) is 6.70. The number of nitrogens with one attached hydrogen (secondary N) is 3. The Labute approximate surface area is 176 Å². The summed E-state index contributed by atoms with van der Waals surface area (Å²) < 4.78 is 0. The Hall–Kier alpha value is -1.79. The summed E-state index contributed by atoms with van der Waals surface area (Å²) in [5, 5.41) is 19.5. The molecule has 0 radical (unpaired) electrons. The van der Waals surface area contributed by atoms with E-state index in [0.717, 1.165) is 37.0 Å². The Bertz CT molecular complexity index is 717. The van der Waals surface area contributed by atoms with E-state index in [1.54, 1.807) is 24.3 Å². The van der Waals surface area contributed by atoms with Gasteiger partial charge in [0.2, 0.25) is 5.91 Å². The third-order valence-corrected chi connectivity index (χ3v) is 7.05. The zero-order chi connectivity index (χ0) is 20.4. The first-order valence-electron chi connectivity index (χ1n) is 10.7. The molecule has 0 aliphatic heterocycles. The summed E-state index contributed by atoms with van der Waals surface area (Å²) in [5.41, 5.74) is 0.673. The van der Waals surface area contributed by atoms with E-state index < -0.39 is 6.10 Å². The number of benzene rings is 1. The summed E-state index contributed by atoms with van der Waals surface area (Å²) >= 11 is 5.83. The Morgan fingerprint density at radius 2 is 1.62 bits per heavy atom. The second-order valence-electron chi connectivity index (χ2n) is 9.20. The lowest BCUT2D eigenvalue weighted by Gasteiger charge is -2.56. The molecule has 4 bridgehead atoms. The smallest absolute Gasteiger partial charge is 0.315 e. The number of aliphatic hydroxyl groups is 1. The molecule has 1 unspecified atom stereocenters. The van der Waals surface area contributed by atoms with Crippen LogP contribution in [0.4, 0.5) is 4.79 Å². The molecule has 1 aromatic rings. The third kappa shape index (κ3) is 5.04. The van der Waals surface area contributed by atoms with Gasteiger partial charge in [-0.05, 0) is 74.0 Å². The maximum Gasteiger partial charge on any atom is 0.315 e. The van der Waals surface area contributed by atoms with Crippen molar-refractivity contribution in [1.82, 2.24) is 16.0 Å². The van der Waals surface area contributed by atoms with Crippen molar-refractivity contribution in [3.63, 3.8) is 0 Å². The van der Waals surface area contributed by atoms with Crippen molar-refractivity contribution in [3.8, 4) is 0 Å². The number of hydrogen-bond donors (Lipinski definition) is 4. The second kappa shape index (κ2) is 8.52. The van der Waals surface area contributed by atoms with Crippen molar-refractivity contribution >= 4 is 23.5 Å². The molecule has 1 atom stereocenters. The quantitative estimate of drug-likeness (QED) is 0.547. The van der Waals surface area contributed by atoms with Crippen LogP contribution in [0.3, 0.4) is 0 Å². The number of amides is 3. The van der Waals surface area contributed by atoms with Gasteiger partial charge >= 0.3 is 6.03 Å². The van der Waals surface area contributed by atoms with Gasteiger partial charge < -0.3 is 21.1 Å². The number of carbonyl (C=O) groups is 2. The van der Waals surface area contributed by atoms with Gasteiger partial charge in [-0.25, -0.2) is 4.79 Å². The number of carbonyl (C=O) groups excluding carboxylic acids is 2. The molecule has 4 aliphatic rings. The van der Waals surface area contributed by atoms with Gasteiger partial charge in [-0.2, -0.15) is 0 Å². The Morgan fingerprint density at radius 3 is 2.21 bits per heavy atom. The standard InChI is InChI=1S/C22H30ClN3O3/c23-18-3-1-17(2-4-18)19(27)13-25-20(28)5-6-24-21(29)26-22-10-14-7-15(11-22)9-16(8-14)12-22/h1-4,14-16,19,27H,5-13H2,(H,25,28)(H2,24,26,29). The lowest BCUT2D eigenvalue weighted by molar-refractivity contribution is -0.121. The minimum atomic E-state index is -0.788. The van der Waals surface area contributed by atoms with E-state index in [1.165, 1.54) is 19.3 Å². The van der Waals surface area contributed by atoms with Gasteiger partial charge in [0.15, 0.2) is 0 Å². The normalized spacial score (nSPS) is 30.6. The molecule has 4 aliphatic carbocycles. The fourth-order valence-electron chi connectivity index (χ4n) is 5.94. The van der Waals surface area contributed by atoms with Crippen molar-refractivity contribution in [2.75, 3.05) is 13.1 Å². The van der Waals surface area contributed by atoms with E-state index in [9.17, 15) is 14.7 Å². The molecule has 0 aromatic heterocycles. The lowest BCUT2D eigenvalue weighted by Crippen LogP contribution is -2.61. The molecule has 4 N–H and O–H groups in total. The average molecular weight is 420 g/mol. The fourth-order valence-corrected chi connectivity index (χ4v) is 6.07. The number of rotatable bonds is 7. The van der Waals surface area contributed by atoms with Crippen LogP contribution in [0.5, 0.6) is 0 Å². The van der Waals surface area contributed by atoms with Gasteiger partial charge in [-0.15, -0.1) is 0 Å². The molecule has 0 heterocycles. The highest BCUT2D eigenvalue weighted by Gasteiger charge is 2.51. The van der Waals surface area contributed by atoms with Gasteiger partial charge in [-0.1, -0.05) is 23.7 Å². The molecule has 158 valence electrons. The number of aliphatic hydroxyl groups excluding tert-OH is 1. The monoisotopic (exact) mass is 419 g/mol. The van der Waals surface area contributed by atoms with Crippen LogP contribution in [-0.4, -0.2) is 35.7 Å². The van der Waals surface area contributed by atoms with Crippen LogP contribution in [0.25, 0.3) is 0 Å². The SMILES string of the molecule is O=C(CCNC(=O)NC12CC3CC(CC(C3)C1)C2)NCC(O)c1ccc(Cl)cc1. The predicted octanol–water partition coefficient (Wildman–Crippen LogP) is 3.15. The minimum absolute atomic E-state index is 0.0240. The topological polar surface area (TPSA) is 90.5 Å². The van der Waals surface area contributed by atoms with Gasteiger partial charge in [0.1, 0.15) is 0 Å². The van der Waals surface area contributed by atoms with Crippen LogP contribution < -0.4 is 16.0 Å². The number of hydrogen-bond acceptors (Lipinski definition) is 3. The zero-order valence-corrected chi connectivity index (χ0v) is 17.4. The number of halogens is 1. The van der Waals surface area contributed by atoms with Gasteiger partial charge in [-0.3, -0.25) is 4.79 Å². The van der Waals surface area contributed by atoms with E-state index >= 15 is 0 Å². The van der Waals surface area contributed by atoms with E-state index in [1.807, 2.05) is 0 Å². The molecule has 29 heavy (non-hydrogen) atoms. The van der Waals surface area contributed by atoms with E-state index in [-0.39, 0.29) is 37.0 Å². The summed E-state index contributed by atoms with van der Waals surface area (Å²) in [4.78, 5) is 24.4. The molecule has 0 spiro atoms. The Kier molecular flexibility index (Phi) is 6.02. The van der Waals surface area contributed by atoms with Crippen molar-refractivity contribution in [2.24, 2.45) is 17.8 Å². The van der Waals surface area contributed by atoms with Crippen molar-refractivity contribution in [2.45, 2.75) is 56.6 Å². The highest BCUT2D eigenvalue weighted by Crippen LogP contribution is 2.55. The van der Waals surface area contributed by atoms with Gasteiger partial charge in [0.05, 0.1) is 6.10 Å². The van der Waals surface area contributed by atoms with E-state index in [4.69, 9.17) is 11.6 Å². The summed E-state index contributed by atoms with van der Waals surface area (Å²) in [7, 11) is 0. The van der Waals surface area contributed by atoms with Crippen LogP contribution in [0.15, 0.2) is 24.3 Å². The zero-order valence-electron chi connectivity index (χ0n) is 16.6. The van der Waals surface area contributed by atoms with Gasteiger partial charge in [0.25, 0.3) is 0 Å². The Morgan fingerprint density at radius 1 is 1.03 bits per heavy atom. The van der Waals surface area contributed by atoms with Crippen LogP contribution >= 0.6 is 11.6 Å². The van der Waals surface area contributed by atoms with Crippen molar-refractivity contribution < 1.29 is 14.7 Å². The van der Waals surface area contributed by atoms with Crippen LogP contribution in [-0.2, 0) is 4.79 Å². The van der Waals surface area contributed by atoms with Crippen LogP contribution in [0, 0.1) is 17.8 Å². The van der Waals surface area contributed by atoms with Crippen molar-refractivity contribution in [1.29, 1.82) is 0 Å². The molecule has 7 heteroatoms. The third-order valence-electron chi connectivity index (χ3n) is 6.80. The highest BCUT2D eigenvalue weighted by atomic mass is 35.5.